The molecule has 0 amide bonds. The molecule has 39 heavy (non-hydrogen) atoms. The van der Waals surface area contributed by atoms with Crippen LogP contribution in [0.1, 0.15) is 63.7 Å². The van der Waals surface area contributed by atoms with Crippen molar-refractivity contribution < 1.29 is 19.1 Å². The largest absolute Gasteiger partial charge is 0.480 e. The summed E-state index contributed by atoms with van der Waals surface area (Å²) in [5.41, 5.74) is -1.62. The number of carboxylic acid groups (broad SMARTS) is 1. The number of aryl methyl sites for hydroxylation is 1. The predicted molar refractivity (Wildman–Crippen MR) is 149 cm³/mol. The Labute approximate surface area is 229 Å². The minimum Gasteiger partial charge on any atom is -0.480 e. The number of oxazole rings is 1. The Kier molecular flexibility index (Phi) is 7.35. The van der Waals surface area contributed by atoms with Crippen molar-refractivity contribution in [3.8, 4) is 10.8 Å². The van der Waals surface area contributed by atoms with Gasteiger partial charge in [0.25, 0.3) is 5.56 Å². The molecule has 1 N–H and O–H groups in total. The van der Waals surface area contributed by atoms with E-state index in [1.54, 1.807) is 6.92 Å². The minimum absolute atomic E-state index is 0.0319. The van der Waals surface area contributed by atoms with Crippen LogP contribution in [0.2, 0.25) is 0 Å². The molecule has 1 fully saturated rings. The Hall–Kier alpha value is -3.50. The third-order valence-electron chi connectivity index (χ3n) is 7.81. The van der Waals surface area contributed by atoms with E-state index in [9.17, 15) is 19.5 Å². The first-order valence-electron chi connectivity index (χ1n) is 13.2. The average Bonchev–Trinajstić information content (AvgIpc) is 3.55. The number of hydrogen-bond acceptors (Lipinski definition) is 7. The second-order valence-electron chi connectivity index (χ2n) is 10.8. The second kappa shape index (κ2) is 10.6. The third-order valence-corrected chi connectivity index (χ3v) is 9.12. The number of nitrogens with zero attached hydrogens (tertiary/aromatic N) is 3. The van der Waals surface area contributed by atoms with Gasteiger partial charge in [0.1, 0.15) is 22.7 Å². The van der Waals surface area contributed by atoms with E-state index in [1.807, 2.05) is 30.3 Å². The number of aliphatic carboxylic acids is 1. The number of carboxylic acids is 1. The van der Waals surface area contributed by atoms with Crippen LogP contribution in [0, 0.1) is 12.8 Å². The molecule has 0 aliphatic heterocycles. The van der Waals surface area contributed by atoms with E-state index in [0.717, 1.165) is 29.4 Å². The lowest BCUT2D eigenvalue weighted by molar-refractivity contribution is -0.146. The number of carbonyl (C=O) groups is 1. The number of ether oxygens (including phenoxy) is 1. The summed E-state index contributed by atoms with van der Waals surface area (Å²) in [6.07, 6.45) is 6.79. The number of fused-ring (bicyclic) bond motifs is 1. The average molecular weight is 552 g/mol. The fourth-order valence-corrected chi connectivity index (χ4v) is 6.63. The first-order valence-corrected chi connectivity index (χ1v) is 14.1. The summed E-state index contributed by atoms with van der Waals surface area (Å²) in [5.74, 6) is -0.564. The minimum atomic E-state index is -1.78. The van der Waals surface area contributed by atoms with E-state index in [0.29, 0.717) is 27.1 Å². The van der Waals surface area contributed by atoms with Crippen molar-refractivity contribution in [2.45, 2.75) is 77.7 Å². The maximum atomic E-state index is 14.1. The molecule has 3 atom stereocenters. The fourth-order valence-electron chi connectivity index (χ4n) is 5.39. The van der Waals surface area contributed by atoms with Crippen molar-refractivity contribution >= 4 is 27.5 Å². The van der Waals surface area contributed by atoms with Crippen LogP contribution in [0.3, 0.4) is 0 Å². The molecule has 0 bridgehead atoms. The van der Waals surface area contributed by atoms with E-state index in [-0.39, 0.29) is 18.0 Å². The molecular formula is C29H33N3O6S. The molecule has 10 heteroatoms. The van der Waals surface area contributed by atoms with Gasteiger partial charge in [0.15, 0.2) is 0 Å². The van der Waals surface area contributed by atoms with Crippen molar-refractivity contribution in [2.75, 3.05) is 0 Å². The van der Waals surface area contributed by atoms with E-state index in [1.165, 1.54) is 48.6 Å². The summed E-state index contributed by atoms with van der Waals surface area (Å²) < 4.78 is 14.6. The van der Waals surface area contributed by atoms with Crippen LogP contribution in [-0.4, -0.2) is 31.3 Å². The topological polar surface area (TPSA) is 117 Å². The number of benzene rings is 1. The van der Waals surface area contributed by atoms with Crippen LogP contribution in [0.4, 0.5) is 0 Å². The Morgan fingerprint density at radius 3 is 2.59 bits per heavy atom. The molecule has 1 unspecified atom stereocenters. The van der Waals surface area contributed by atoms with Crippen molar-refractivity contribution in [2.24, 2.45) is 5.92 Å². The van der Waals surface area contributed by atoms with Crippen LogP contribution < -0.4 is 11.2 Å². The van der Waals surface area contributed by atoms with E-state index in [2.05, 4.69) is 11.9 Å². The van der Waals surface area contributed by atoms with Gasteiger partial charge in [-0.15, -0.1) is 11.3 Å². The van der Waals surface area contributed by atoms with Gasteiger partial charge in [-0.3, -0.25) is 9.36 Å². The molecule has 9 nitrogen and oxygen atoms in total. The predicted octanol–water partition coefficient (Wildman–Crippen LogP) is 5.34. The van der Waals surface area contributed by atoms with Crippen LogP contribution in [0.5, 0.6) is 0 Å². The molecule has 5 rings (SSSR count). The molecule has 1 aliphatic carbocycles. The number of thiophene rings is 1. The Morgan fingerprint density at radius 1 is 1.23 bits per heavy atom. The highest BCUT2D eigenvalue weighted by atomic mass is 32.1. The fraction of sp³-hybridized carbons (Fsp3) is 0.448. The molecular weight excluding hydrogens is 518 g/mol. The number of aromatic nitrogens is 3. The first kappa shape index (κ1) is 27.1. The third kappa shape index (κ3) is 4.87. The van der Waals surface area contributed by atoms with Crippen molar-refractivity contribution in [3.63, 3.8) is 0 Å². The van der Waals surface area contributed by atoms with Crippen LogP contribution in [-0.2, 0) is 21.6 Å². The summed E-state index contributed by atoms with van der Waals surface area (Å²) in [6.45, 7) is 6.79. The summed E-state index contributed by atoms with van der Waals surface area (Å²) >= 11 is 1.24. The Balaban J connectivity index is 1.74. The van der Waals surface area contributed by atoms with Crippen LogP contribution >= 0.6 is 11.3 Å². The van der Waals surface area contributed by atoms with Gasteiger partial charge in [-0.2, -0.15) is 0 Å². The highest BCUT2D eigenvalue weighted by Crippen LogP contribution is 2.37. The standard InChI is InChI=1S/C29H33N3O6S/c1-17-10-8-9-13-20(17)38-21(19-11-6-5-7-12-19)16-31-26-22(18(2)23(39-26)24-30-14-15-37-24)25(33)32(28(31)36)29(3,4)27(34)35/h5-7,11-12,14-15,17,20-21H,8-10,13,16H2,1-4H3,(H,34,35)/t17-,20-,21?/m0/s1. The summed E-state index contributed by atoms with van der Waals surface area (Å²) in [5, 5.41) is 10.3. The lowest BCUT2D eigenvalue weighted by atomic mass is 9.87. The SMILES string of the molecule is Cc1c(-c2ncco2)sc2c1c(=O)n(C(C)(C)C(=O)O)c(=O)n2CC(O[C@H]1CCCC[C@@H]1C)c1ccccc1. The molecule has 1 aliphatic rings. The molecule has 3 aromatic heterocycles. The molecule has 1 saturated carbocycles. The summed E-state index contributed by atoms with van der Waals surface area (Å²) in [7, 11) is 0. The van der Waals surface area contributed by atoms with Gasteiger partial charge in [-0.05, 0) is 50.7 Å². The molecule has 0 spiro atoms. The molecule has 0 radical (unpaired) electrons. The summed E-state index contributed by atoms with van der Waals surface area (Å²) in [6, 6.07) is 9.72. The smallest absolute Gasteiger partial charge is 0.333 e. The quantitative estimate of drug-likeness (QED) is 0.314. The van der Waals surface area contributed by atoms with Gasteiger partial charge < -0.3 is 14.3 Å². The van der Waals surface area contributed by atoms with Crippen LogP contribution in [0.25, 0.3) is 21.0 Å². The Morgan fingerprint density at radius 2 is 1.95 bits per heavy atom. The van der Waals surface area contributed by atoms with Gasteiger partial charge in [0, 0.05) is 0 Å². The number of hydrogen-bond donors (Lipinski definition) is 1. The molecule has 206 valence electrons. The maximum Gasteiger partial charge on any atom is 0.333 e. The monoisotopic (exact) mass is 551 g/mol. The lowest BCUT2D eigenvalue weighted by Crippen LogP contribution is -2.52. The van der Waals surface area contributed by atoms with Crippen molar-refractivity contribution in [1.82, 2.24) is 14.1 Å². The zero-order chi connectivity index (χ0) is 27.9. The summed E-state index contributed by atoms with van der Waals surface area (Å²) in [4.78, 5) is 45.4. The second-order valence-corrected chi connectivity index (χ2v) is 11.8. The normalized spacial score (nSPS) is 18.9. The van der Waals surface area contributed by atoms with Gasteiger partial charge in [0.2, 0.25) is 5.89 Å². The molecule has 3 heterocycles. The zero-order valence-corrected chi connectivity index (χ0v) is 23.4. The van der Waals surface area contributed by atoms with Crippen molar-refractivity contribution in [3.05, 3.63) is 74.8 Å². The molecule has 0 saturated heterocycles. The first-order chi connectivity index (χ1) is 18.6. The van der Waals surface area contributed by atoms with Crippen LogP contribution in [0.15, 0.2) is 56.8 Å². The van der Waals surface area contributed by atoms with E-state index < -0.39 is 28.9 Å². The zero-order valence-electron chi connectivity index (χ0n) is 22.5. The number of rotatable bonds is 8. The molecule has 4 aromatic rings. The molecule has 1 aromatic carbocycles. The van der Waals surface area contributed by atoms with Gasteiger partial charge in [0.05, 0.1) is 29.1 Å². The van der Waals surface area contributed by atoms with Gasteiger partial charge >= 0.3 is 11.7 Å². The van der Waals surface area contributed by atoms with E-state index in [4.69, 9.17) is 9.15 Å². The van der Waals surface area contributed by atoms with Gasteiger partial charge in [-0.25, -0.2) is 19.1 Å². The lowest BCUT2D eigenvalue weighted by Gasteiger charge is -2.33. The highest BCUT2D eigenvalue weighted by molar-refractivity contribution is 7.22. The Bertz CT molecular complexity index is 1600. The maximum absolute atomic E-state index is 14.1. The highest BCUT2D eigenvalue weighted by Gasteiger charge is 2.36. The van der Waals surface area contributed by atoms with Gasteiger partial charge in [-0.1, -0.05) is 50.1 Å². The van der Waals surface area contributed by atoms with Crippen molar-refractivity contribution in [1.29, 1.82) is 0 Å². The van der Waals surface area contributed by atoms with E-state index >= 15 is 0 Å².